The fourth-order valence-electron chi connectivity index (χ4n) is 0.543. The second-order valence-electron chi connectivity index (χ2n) is 2.26. The molecule has 0 heterocycles. The monoisotopic (exact) mass is 173 g/mol. The molecule has 62 valence electrons. The molecule has 11 heavy (non-hydrogen) atoms. The van der Waals surface area contributed by atoms with Crippen LogP contribution in [0, 0.1) is 0 Å². The highest BCUT2D eigenvalue weighted by Gasteiger charge is 2.08. The highest BCUT2D eigenvalue weighted by Crippen LogP contribution is 2.06. The van der Waals surface area contributed by atoms with Crippen LogP contribution < -0.4 is 5.73 Å². The molecule has 3 N–H and O–H groups in total. The van der Waals surface area contributed by atoms with Crippen LogP contribution in [0.5, 0.6) is 0 Å². The van der Waals surface area contributed by atoms with E-state index in [1.807, 2.05) is 0 Å². The molecule has 3 heteroatoms. The zero-order valence-corrected chi connectivity index (χ0v) is 7.12. The minimum absolute atomic E-state index is 0.995. The number of nitrogens with two attached hydrogens (primary N) is 1. The summed E-state index contributed by atoms with van der Waals surface area (Å²) in [5, 5.41) is 9.41. The summed E-state index contributed by atoms with van der Waals surface area (Å²) in [4.78, 5) is 0. The van der Waals surface area contributed by atoms with E-state index in [2.05, 4.69) is 0 Å². The molecule has 1 atom stereocenters. The first kappa shape index (κ1) is 10.3. The molecule has 0 spiro atoms. The van der Waals surface area contributed by atoms with E-state index >= 15 is 0 Å². The Bertz CT molecular complexity index is 183. The highest BCUT2D eigenvalue weighted by atomic mass is 35.5. The van der Waals surface area contributed by atoms with Gasteiger partial charge >= 0.3 is 0 Å². The van der Waals surface area contributed by atoms with Crippen LogP contribution in [0.15, 0.2) is 36.0 Å². The first-order valence-corrected chi connectivity index (χ1v) is 3.62. The largest absolute Gasteiger partial charge is 0.405 e. The fraction of sp³-hybridized carbons (Fsp3) is 0.250. The molecular weight excluding hydrogens is 162 g/mol. The lowest BCUT2D eigenvalue weighted by atomic mass is 10.1. The van der Waals surface area contributed by atoms with Crippen molar-refractivity contribution < 1.29 is 5.11 Å². The van der Waals surface area contributed by atoms with Crippen LogP contribution in [0.4, 0.5) is 0 Å². The topological polar surface area (TPSA) is 46.2 Å². The summed E-state index contributed by atoms with van der Waals surface area (Å²) < 4.78 is 0. The lowest BCUT2D eigenvalue weighted by molar-refractivity contribution is 0.164. The molecule has 0 saturated carbocycles. The van der Waals surface area contributed by atoms with Gasteiger partial charge in [0.15, 0.2) is 0 Å². The average molecular weight is 174 g/mol. The third kappa shape index (κ3) is 5.70. The van der Waals surface area contributed by atoms with E-state index in [1.165, 1.54) is 17.8 Å². The number of rotatable bonds is 3. The Balaban J connectivity index is 4.10. The Kier molecular flexibility index (Phi) is 4.66. The lowest BCUT2D eigenvalue weighted by Gasteiger charge is -2.11. The van der Waals surface area contributed by atoms with E-state index in [4.69, 9.17) is 17.3 Å². The van der Waals surface area contributed by atoms with Gasteiger partial charge in [-0.1, -0.05) is 23.8 Å². The van der Waals surface area contributed by atoms with Crippen LogP contribution in [0.25, 0.3) is 0 Å². The predicted molar refractivity (Wildman–Crippen MR) is 48.1 cm³/mol. The van der Waals surface area contributed by atoms with Gasteiger partial charge in [-0.3, -0.25) is 0 Å². The molecule has 0 rings (SSSR count). The van der Waals surface area contributed by atoms with Gasteiger partial charge < -0.3 is 10.8 Å². The van der Waals surface area contributed by atoms with Crippen LogP contribution in [-0.2, 0) is 0 Å². The molecule has 0 aromatic heterocycles. The van der Waals surface area contributed by atoms with Gasteiger partial charge in [-0.25, -0.2) is 0 Å². The van der Waals surface area contributed by atoms with Gasteiger partial charge in [0.1, 0.15) is 0 Å². The predicted octanol–water partition coefficient (Wildman–Crippen LogP) is 1.52. The van der Waals surface area contributed by atoms with Crippen molar-refractivity contribution in [1.82, 2.24) is 0 Å². The molecule has 0 bridgehead atoms. The van der Waals surface area contributed by atoms with Gasteiger partial charge in [0, 0.05) is 5.54 Å². The molecule has 0 aromatic carbocycles. The van der Waals surface area contributed by atoms with Gasteiger partial charge in [0.2, 0.25) is 0 Å². The summed E-state index contributed by atoms with van der Waals surface area (Å²) in [6, 6.07) is 0. The average Bonchev–Trinajstić information content (AvgIpc) is 1.87. The van der Waals surface area contributed by atoms with Crippen molar-refractivity contribution in [1.29, 1.82) is 0 Å². The van der Waals surface area contributed by atoms with Crippen molar-refractivity contribution >= 4 is 11.6 Å². The standard InChI is InChI=1S/C8H12ClNO/c1-8(11,5-7-10)4-2-3-6-9/h2-7,11H,10H2,1H3/b4-2+,6-3+,7-5+. The van der Waals surface area contributed by atoms with Crippen molar-refractivity contribution in [2.45, 2.75) is 12.5 Å². The minimum Gasteiger partial charge on any atom is -0.405 e. The highest BCUT2D eigenvalue weighted by molar-refractivity contribution is 6.25. The van der Waals surface area contributed by atoms with Crippen LogP contribution in [0.2, 0.25) is 0 Å². The first-order chi connectivity index (χ1) is 5.12. The molecule has 2 nitrogen and oxygen atoms in total. The van der Waals surface area contributed by atoms with Crippen molar-refractivity contribution in [3.05, 3.63) is 36.0 Å². The summed E-state index contributed by atoms with van der Waals surface area (Å²) in [5.41, 5.74) is 5.47. The Labute approximate surface area is 71.7 Å². The molecule has 1 unspecified atom stereocenters. The summed E-state index contributed by atoms with van der Waals surface area (Å²) in [6.07, 6.45) is 7.61. The van der Waals surface area contributed by atoms with Gasteiger partial charge in [-0.2, -0.15) is 0 Å². The number of halogens is 1. The molecule has 0 aliphatic carbocycles. The van der Waals surface area contributed by atoms with Crippen LogP contribution >= 0.6 is 11.6 Å². The zero-order valence-electron chi connectivity index (χ0n) is 6.37. The Hall–Kier alpha value is -0.730. The summed E-state index contributed by atoms with van der Waals surface area (Å²) >= 11 is 5.25. The normalized spacial score (nSPS) is 18.5. The maximum Gasteiger partial charge on any atom is 0.1000 e. The molecule has 0 aliphatic heterocycles. The minimum atomic E-state index is -0.995. The van der Waals surface area contributed by atoms with Crippen molar-refractivity contribution in [3.8, 4) is 0 Å². The van der Waals surface area contributed by atoms with E-state index in [9.17, 15) is 5.11 Å². The van der Waals surface area contributed by atoms with Gasteiger partial charge in [-0.05, 0) is 25.3 Å². The van der Waals surface area contributed by atoms with Gasteiger partial charge in [0.05, 0.1) is 5.60 Å². The summed E-state index contributed by atoms with van der Waals surface area (Å²) in [6.45, 7) is 1.62. The van der Waals surface area contributed by atoms with E-state index < -0.39 is 5.60 Å². The lowest BCUT2D eigenvalue weighted by Crippen LogP contribution is -2.16. The maximum atomic E-state index is 9.41. The van der Waals surface area contributed by atoms with Gasteiger partial charge in [-0.15, -0.1) is 0 Å². The molecule has 0 fully saturated rings. The first-order valence-electron chi connectivity index (χ1n) is 3.19. The SMILES string of the molecule is CC(O)(/C=C/N)/C=C/C=C/Cl. The second kappa shape index (κ2) is 4.99. The van der Waals surface area contributed by atoms with Crippen LogP contribution in [0.1, 0.15) is 6.92 Å². The smallest absolute Gasteiger partial charge is 0.1000 e. The second-order valence-corrected chi connectivity index (χ2v) is 2.51. The fourth-order valence-corrected chi connectivity index (χ4v) is 0.627. The Morgan fingerprint density at radius 1 is 1.36 bits per heavy atom. The molecule has 0 radical (unpaired) electrons. The number of allylic oxidation sites excluding steroid dienone is 2. The van der Waals surface area contributed by atoms with E-state index in [0.717, 1.165) is 0 Å². The van der Waals surface area contributed by atoms with Gasteiger partial charge in [0.25, 0.3) is 0 Å². The Morgan fingerprint density at radius 3 is 2.45 bits per heavy atom. The third-order valence-corrected chi connectivity index (χ3v) is 1.20. The Morgan fingerprint density at radius 2 is 2.00 bits per heavy atom. The molecule has 0 aromatic rings. The molecule has 0 amide bonds. The molecule has 0 aliphatic rings. The zero-order chi connectivity index (χ0) is 8.74. The summed E-state index contributed by atoms with van der Waals surface area (Å²) in [5.74, 6) is 0. The maximum absolute atomic E-state index is 9.41. The van der Waals surface area contributed by atoms with Crippen molar-refractivity contribution in [2.24, 2.45) is 5.73 Å². The van der Waals surface area contributed by atoms with E-state index in [-0.39, 0.29) is 0 Å². The van der Waals surface area contributed by atoms with E-state index in [0.29, 0.717) is 0 Å². The number of hydrogen-bond acceptors (Lipinski definition) is 2. The summed E-state index contributed by atoms with van der Waals surface area (Å²) in [7, 11) is 0. The third-order valence-electron chi connectivity index (χ3n) is 1.05. The van der Waals surface area contributed by atoms with Crippen molar-refractivity contribution in [2.75, 3.05) is 0 Å². The van der Waals surface area contributed by atoms with E-state index in [1.54, 1.807) is 25.2 Å². The number of hydrogen-bond donors (Lipinski definition) is 2. The molecular formula is C8H12ClNO. The van der Waals surface area contributed by atoms with Crippen LogP contribution in [0.3, 0.4) is 0 Å². The molecule has 0 saturated heterocycles. The quantitative estimate of drug-likeness (QED) is 0.636. The van der Waals surface area contributed by atoms with Crippen molar-refractivity contribution in [3.63, 3.8) is 0 Å². The van der Waals surface area contributed by atoms with Crippen LogP contribution in [-0.4, -0.2) is 10.7 Å². The number of aliphatic hydroxyl groups is 1.